The summed E-state index contributed by atoms with van der Waals surface area (Å²) in [5.74, 6) is 1.88. The summed E-state index contributed by atoms with van der Waals surface area (Å²) >= 11 is 0. The third-order valence-electron chi connectivity index (χ3n) is 10.5. The first-order chi connectivity index (χ1) is 26.2. The van der Waals surface area contributed by atoms with Crippen LogP contribution < -0.4 is 0 Å². The first-order valence-electron chi connectivity index (χ1n) is 17.8. The Morgan fingerprint density at radius 3 is 1.72 bits per heavy atom. The molecule has 0 bridgehead atoms. The molecular weight excluding hydrogens is 647 g/mol. The van der Waals surface area contributed by atoms with Crippen LogP contribution in [-0.2, 0) is 0 Å². The molecule has 0 unspecified atom stereocenters. The number of fused-ring (bicyclic) bond motifs is 8. The average molecular weight is 676 g/mol. The molecule has 9 aromatic carbocycles. The van der Waals surface area contributed by atoms with E-state index in [0.29, 0.717) is 17.5 Å². The highest BCUT2D eigenvalue weighted by Gasteiger charge is 2.17. The van der Waals surface area contributed by atoms with Crippen LogP contribution in [0.4, 0.5) is 0 Å². The Bertz CT molecular complexity index is 3240. The zero-order chi connectivity index (χ0) is 34.9. The van der Waals surface area contributed by atoms with Gasteiger partial charge in [0.1, 0.15) is 11.2 Å². The molecule has 4 heteroatoms. The molecule has 0 aliphatic rings. The SMILES string of the molecule is c1ccc(-c2cccc3c(-c4nc(-c5ccc6cc7c(cc6c5)oc5ccccc57)nc(-c5ccc6ccc7ccccc7c6c5)n4)cccc23)cc1. The van der Waals surface area contributed by atoms with Gasteiger partial charge in [-0.3, -0.25) is 0 Å². The van der Waals surface area contributed by atoms with Crippen molar-refractivity contribution in [2.45, 2.75) is 0 Å². The van der Waals surface area contributed by atoms with Gasteiger partial charge in [-0.15, -0.1) is 0 Å². The molecule has 11 rings (SSSR count). The molecule has 4 nitrogen and oxygen atoms in total. The minimum atomic E-state index is 0.617. The lowest BCUT2D eigenvalue weighted by Gasteiger charge is -2.13. The molecule has 0 atom stereocenters. The second kappa shape index (κ2) is 11.7. The quantitative estimate of drug-likeness (QED) is 0.174. The number of hydrogen-bond acceptors (Lipinski definition) is 4. The highest BCUT2D eigenvalue weighted by Crippen LogP contribution is 2.37. The van der Waals surface area contributed by atoms with Crippen molar-refractivity contribution in [1.82, 2.24) is 15.0 Å². The van der Waals surface area contributed by atoms with Crippen LogP contribution in [0.25, 0.3) is 110 Å². The van der Waals surface area contributed by atoms with Crippen molar-refractivity contribution in [2.24, 2.45) is 0 Å². The number of furan rings is 1. The minimum absolute atomic E-state index is 0.617. The predicted octanol–water partition coefficient (Wildman–Crippen LogP) is 13.1. The normalized spacial score (nSPS) is 11.8. The third kappa shape index (κ3) is 4.88. The van der Waals surface area contributed by atoms with Gasteiger partial charge in [0.15, 0.2) is 17.5 Å². The van der Waals surface area contributed by atoms with Gasteiger partial charge in [0.05, 0.1) is 0 Å². The summed E-state index contributed by atoms with van der Waals surface area (Å²) in [6, 6.07) is 61.7. The highest BCUT2D eigenvalue weighted by atomic mass is 16.3. The van der Waals surface area contributed by atoms with E-state index in [1.807, 2.05) is 12.1 Å². The van der Waals surface area contributed by atoms with Crippen LogP contribution in [0.3, 0.4) is 0 Å². The molecule has 11 aromatic rings. The molecule has 0 amide bonds. The number of rotatable bonds is 4. The van der Waals surface area contributed by atoms with Gasteiger partial charge in [-0.05, 0) is 84.5 Å². The zero-order valence-electron chi connectivity index (χ0n) is 28.5. The summed E-state index contributed by atoms with van der Waals surface area (Å²) in [7, 11) is 0. The number of nitrogens with zero attached hydrogens (tertiary/aromatic N) is 3. The first kappa shape index (κ1) is 29.5. The molecule has 2 aromatic heterocycles. The fourth-order valence-corrected chi connectivity index (χ4v) is 7.88. The summed E-state index contributed by atoms with van der Waals surface area (Å²) in [5, 5.41) is 11.4. The monoisotopic (exact) mass is 675 g/mol. The molecule has 0 fully saturated rings. The molecule has 0 N–H and O–H groups in total. The Hall–Kier alpha value is -7.17. The van der Waals surface area contributed by atoms with E-state index in [0.717, 1.165) is 60.2 Å². The van der Waals surface area contributed by atoms with Crippen LogP contribution in [0, 0.1) is 0 Å². The molecule has 0 radical (unpaired) electrons. The molecule has 53 heavy (non-hydrogen) atoms. The van der Waals surface area contributed by atoms with Crippen molar-refractivity contribution in [3.63, 3.8) is 0 Å². The maximum Gasteiger partial charge on any atom is 0.164 e. The maximum atomic E-state index is 6.27. The molecule has 0 aliphatic heterocycles. The minimum Gasteiger partial charge on any atom is -0.456 e. The van der Waals surface area contributed by atoms with E-state index < -0.39 is 0 Å². The van der Waals surface area contributed by atoms with Gasteiger partial charge >= 0.3 is 0 Å². The van der Waals surface area contributed by atoms with Crippen LogP contribution in [0.15, 0.2) is 180 Å². The fourth-order valence-electron chi connectivity index (χ4n) is 7.88. The van der Waals surface area contributed by atoms with E-state index in [-0.39, 0.29) is 0 Å². The Labute approximate surface area is 304 Å². The number of benzene rings is 9. The van der Waals surface area contributed by atoms with Crippen molar-refractivity contribution in [2.75, 3.05) is 0 Å². The number of hydrogen-bond donors (Lipinski definition) is 0. The molecule has 0 spiro atoms. The fraction of sp³-hybridized carbons (Fsp3) is 0. The van der Waals surface area contributed by atoms with E-state index in [1.165, 1.54) is 32.7 Å². The van der Waals surface area contributed by atoms with Gasteiger partial charge in [-0.1, -0.05) is 146 Å². The number of para-hydroxylation sites is 1. The lowest BCUT2D eigenvalue weighted by atomic mass is 9.95. The van der Waals surface area contributed by atoms with Gasteiger partial charge in [-0.25, -0.2) is 15.0 Å². The Morgan fingerprint density at radius 1 is 0.283 bits per heavy atom. The average Bonchev–Trinajstić information content (AvgIpc) is 3.59. The van der Waals surface area contributed by atoms with Crippen LogP contribution >= 0.6 is 0 Å². The van der Waals surface area contributed by atoms with E-state index in [2.05, 4.69) is 164 Å². The first-order valence-corrected chi connectivity index (χ1v) is 17.8. The second-order valence-corrected chi connectivity index (χ2v) is 13.6. The van der Waals surface area contributed by atoms with E-state index in [1.54, 1.807) is 0 Å². The van der Waals surface area contributed by atoms with Gasteiger partial charge in [0.2, 0.25) is 0 Å². The van der Waals surface area contributed by atoms with Crippen LogP contribution in [0.1, 0.15) is 0 Å². The molecular formula is C49H29N3O. The summed E-state index contributed by atoms with van der Waals surface area (Å²) in [6.45, 7) is 0. The van der Waals surface area contributed by atoms with E-state index in [9.17, 15) is 0 Å². The summed E-state index contributed by atoms with van der Waals surface area (Å²) < 4.78 is 6.27. The Morgan fingerprint density at radius 2 is 0.887 bits per heavy atom. The van der Waals surface area contributed by atoms with Crippen molar-refractivity contribution < 1.29 is 4.42 Å². The summed E-state index contributed by atoms with van der Waals surface area (Å²) in [6.07, 6.45) is 0. The summed E-state index contributed by atoms with van der Waals surface area (Å²) in [4.78, 5) is 15.6. The Kier molecular flexibility index (Phi) is 6.52. The van der Waals surface area contributed by atoms with E-state index >= 15 is 0 Å². The van der Waals surface area contributed by atoms with Crippen LogP contribution in [-0.4, -0.2) is 15.0 Å². The third-order valence-corrected chi connectivity index (χ3v) is 10.5. The smallest absolute Gasteiger partial charge is 0.164 e. The molecule has 2 heterocycles. The van der Waals surface area contributed by atoms with Gasteiger partial charge in [0.25, 0.3) is 0 Å². The predicted molar refractivity (Wildman–Crippen MR) is 219 cm³/mol. The standard InChI is InChI=1S/C49H29N3O/c1-2-10-30(11-3-1)37-15-8-17-40-39(37)16-9-18-42(40)49-51-47(34-25-23-33-27-44-41-14-6-7-19-45(41)53-46(44)29-36(33)26-34)50-48(52-49)35-24-22-32-21-20-31-12-4-5-13-38(31)43(32)28-35/h1-29H. The topological polar surface area (TPSA) is 51.8 Å². The number of aromatic nitrogens is 3. The zero-order valence-corrected chi connectivity index (χ0v) is 28.5. The second-order valence-electron chi connectivity index (χ2n) is 13.6. The lowest BCUT2D eigenvalue weighted by Crippen LogP contribution is -2.01. The van der Waals surface area contributed by atoms with E-state index in [4.69, 9.17) is 19.4 Å². The van der Waals surface area contributed by atoms with Crippen molar-refractivity contribution >= 4 is 65.0 Å². The van der Waals surface area contributed by atoms with Crippen LogP contribution in [0.5, 0.6) is 0 Å². The molecule has 0 aliphatic carbocycles. The molecule has 0 saturated carbocycles. The molecule has 0 saturated heterocycles. The van der Waals surface area contributed by atoms with Crippen molar-refractivity contribution in [3.8, 4) is 45.3 Å². The van der Waals surface area contributed by atoms with Gasteiger partial charge in [0, 0.05) is 27.5 Å². The lowest BCUT2D eigenvalue weighted by molar-refractivity contribution is 0.669. The van der Waals surface area contributed by atoms with Crippen molar-refractivity contribution in [1.29, 1.82) is 0 Å². The maximum absolute atomic E-state index is 6.27. The van der Waals surface area contributed by atoms with Crippen LogP contribution in [0.2, 0.25) is 0 Å². The largest absolute Gasteiger partial charge is 0.456 e. The highest BCUT2D eigenvalue weighted by molar-refractivity contribution is 6.11. The Balaban J connectivity index is 1.14. The van der Waals surface area contributed by atoms with Crippen molar-refractivity contribution in [3.05, 3.63) is 176 Å². The molecule has 246 valence electrons. The van der Waals surface area contributed by atoms with Gasteiger partial charge in [-0.2, -0.15) is 0 Å². The van der Waals surface area contributed by atoms with Gasteiger partial charge < -0.3 is 4.42 Å². The summed E-state index contributed by atoms with van der Waals surface area (Å²) in [5.41, 5.74) is 6.90.